The summed E-state index contributed by atoms with van der Waals surface area (Å²) in [6.45, 7) is 4.14. The van der Waals surface area contributed by atoms with Gasteiger partial charge in [0.1, 0.15) is 6.54 Å². The average Bonchev–Trinajstić information content (AvgIpc) is 3.55. The van der Waals surface area contributed by atoms with Gasteiger partial charge in [-0.1, -0.05) is 36.4 Å². The Morgan fingerprint density at radius 1 is 1.17 bits per heavy atom. The van der Waals surface area contributed by atoms with E-state index >= 15 is 0 Å². The molecule has 1 saturated heterocycles. The van der Waals surface area contributed by atoms with Gasteiger partial charge < -0.3 is 15.0 Å². The second kappa shape index (κ2) is 8.98. The third-order valence-corrected chi connectivity index (χ3v) is 7.69. The van der Waals surface area contributed by atoms with E-state index in [1.807, 2.05) is 35.2 Å². The van der Waals surface area contributed by atoms with E-state index in [9.17, 15) is 19.2 Å². The van der Waals surface area contributed by atoms with Crippen molar-refractivity contribution in [3.05, 3.63) is 59.3 Å². The number of nitrogens with zero attached hydrogens (tertiary/aromatic N) is 2. The summed E-state index contributed by atoms with van der Waals surface area (Å²) < 4.78 is 5.85. The maximum Gasteiger partial charge on any atom is 0.411 e. The number of rotatable bonds is 7. The second-order valence-electron chi connectivity index (χ2n) is 10.1. The summed E-state index contributed by atoms with van der Waals surface area (Å²) in [7, 11) is 0. The maximum atomic E-state index is 13.5. The summed E-state index contributed by atoms with van der Waals surface area (Å²) in [4.78, 5) is 54.0. The van der Waals surface area contributed by atoms with E-state index in [1.54, 1.807) is 12.2 Å². The number of ether oxygens (including phenoxy) is 1. The number of hydrogen-bond donors (Lipinski definition) is 1. The molecule has 3 aliphatic carbocycles. The quantitative estimate of drug-likeness (QED) is 0.652. The van der Waals surface area contributed by atoms with Crippen LogP contribution in [0.25, 0.3) is 0 Å². The number of carbonyl (C=O) groups is 4. The van der Waals surface area contributed by atoms with Crippen molar-refractivity contribution in [2.45, 2.75) is 57.7 Å². The fraction of sp³-hybridized carbons (Fsp3) is 0.481. The number of allylic oxidation sites excluding steroid dienone is 3. The normalized spacial score (nSPS) is 26.1. The van der Waals surface area contributed by atoms with Gasteiger partial charge in [0.25, 0.3) is 0 Å². The molecule has 5 rings (SSSR count). The Balaban J connectivity index is 1.31. The lowest BCUT2D eigenvalue weighted by Crippen LogP contribution is -2.46. The van der Waals surface area contributed by atoms with Crippen LogP contribution in [0, 0.1) is 11.8 Å². The van der Waals surface area contributed by atoms with Gasteiger partial charge in [-0.25, -0.2) is 4.79 Å². The molecule has 2 unspecified atom stereocenters. The van der Waals surface area contributed by atoms with E-state index in [4.69, 9.17) is 4.74 Å². The molecule has 35 heavy (non-hydrogen) atoms. The number of fused-ring (bicyclic) bond motifs is 2. The highest BCUT2D eigenvalue weighted by Crippen LogP contribution is 2.48. The molecule has 3 fully saturated rings. The van der Waals surface area contributed by atoms with Crippen molar-refractivity contribution in [2.75, 3.05) is 13.1 Å². The fourth-order valence-electron chi connectivity index (χ4n) is 5.64. The van der Waals surface area contributed by atoms with Crippen molar-refractivity contribution in [2.24, 2.45) is 11.8 Å². The number of Topliss-reactive ketones (excluding diaryl/α,β-unsaturated/α-hetero) is 1. The van der Waals surface area contributed by atoms with Crippen LogP contribution in [0.15, 0.2) is 53.8 Å². The van der Waals surface area contributed by atoms with Crippen LogP contribution in [0.4, 0.5) is 4.79 Å². The second-order valence-corrected chi connectivity index (χ2v) is 10.1. The zero-order chi connectivity index (χ0) is 24.7. The van der Waals surface area contributed by atoms with Crippen LogP contribution >= 0.6 is 0 Å². The highest BCUT2D eigenvalue weighted by atomic mass is 16.6. The van der Waals surface area contributed by atoms with Crippen molar-refractivity contribution in [3.63, 3.8) is 0 Å². The molecule has 1 N–H and O–H groups in total. The summed E-state index contributed by atoms with van der Waals surface area (Å²) >= 11 is 0. The van der Waals surface area contributed by atoms with Gasteiger partial charge in [-0.3, -0.25) is 19.3 Å². The van der Waals surface area contributed by atoms with Crippen molar-refractivity contribution >= 4 is 23.7 Å². The van der Waals surface area contributed by atoms with Crippen molar-refractivity contribution in [3.8, 4) is 0 Å². The van der Waals surface area contributed by atoms with Gasteiger partial charge in [-0.2, -0.15) is 0 Å². The SMILES string of the molecule is CC(=O)NC1=CC=C2C(CCC23CN(CC(=O)N(Cc2ccccc2)[C@@H](C)C2CC2)C(=O)O3)C1=O. The van der Waals surface area contributed by atoms with Gasteiger partial charge >= 0.3 is 6.09 Å². The number of benzene rings is 1. The van der Waals surface area contributed by atoms with Crippen LogP contribution in [-0.4, -0.2) is 58.2 Å². The molecule has 1 heterocycles. The lowest BCUT2D eigenvalue weighted by molar-refractivity contribution is -0.135. The highest BCUT2D eigenvalue weighted by molar-refractivity contribution is 6.03. The largest absolute Gasteiger partial charge is 0.436 e. The van der Waals surface area contributed by atoms with Crippen LogP contribution in [-0.2, 0) is 25.7 Å². The number of hydrogen-bond acceptors (Lipinski definition) is 5. The maximum absolute atomic E-state index is 13.5. The Kier molecular flexibility index (Phi) is 5.99. The first kappa shape index (κ1) is 23.3. The molecule has 0 radical (unpaired) electrons. The first-order valence-electron chi connectivity index (χ1n) is 12.3. The van der Waals surface area contributed by atoms with Gasteiger partial charge in [-0.15, -0.1) is 0 Å². The van der Waals surface area contributed by atoms with Crippen molar-refractivity contribution < 1.29 is 23.9 Å². The Morgan fingerprint density at radius 2 is 1.91 bits per heavy atom. The minimum absolute atomic E-state index is 0.0522. The Morgan fingerprint density at radius 3 is 2.60 bits per heavy atom. The van der Waals surface area contributed by atoms with Crippen LogP contribution in [0.3, 0.4) is 0 Å². The molecule has 3 amide bonds. The van der Waals surface area contributed by atoms with Crippen LogP contribution < -0.4 is 5.32 Å². The summed E-state index contributed by atoms with van der Waals surface area (Å²) in [5, 5.41) is 2.58. The Labute approximate surface area is 205 Å². The van der Waals surface area contributed by atoms with Crippen molar-refractivity contribution in [1.29, 1.82) is 0 Å². The zero-order valence-electron chi connectivity index (χ0n) is 20.2. The van der Waals surface area contributed by atoms with Crippen LogP contribution in [0.2, 0.25) is 0 Å². The number of ketones is 1. The van der Waals surface area contributed by atoms with Gasteiger partial charge in [0.2, 0.25) is 11.8 Å². The number of carbonyl (C=O) groups excluding carboxylic acids is 4. The summed E-state index contributed by atoms with van der Waals surface area (Å²) in [5.74, 6) is -0.481. The molecule has 8 heteroatoms. The monoisotopic (exact) mass is 477 g/mol. The van der Waals surface area contributed by atoms with Gasteiger partial charge in [0, 0.05) is 25.4 Å². The number of amides is 3. The van der Waals surface area contributed by atoms with E-state index in [-0.39, 0.29) is 42.4 Å². The zero-order valence-corrected chi connectivity index (χ0v) is 20.2. The predicted molar refractivity (Wildman–Crippen MR) is 128 cm³/mol. The molecule has 184 valence electrons. The van der Waals surface area contributed by atoms with Gasteiger partial charge in [-0.05, 0) is 55.7 Å². The predicted octanol–water partition coefficient (Wildman–Crippen LogP) is 2.94. The Hall–Kier alpha value is -3.42. The van der Waals surface area contributed by atoms with Gasteiger partial charge in [0.05, 0.1) is 12.2 Å². The average molecular weight is 478 g/mol. The molecule has 0 aromatic heterocycles. The summed E-state index contributed by atoms with van der Waals surface area (Å²) in [6.07, 6.45) is 6.14. The lowest BCUT2D eigenvalue weighted by atomic mass is 9.85. The molecular formula is C27H31N3O5. The van der Waals surface area contributed by atoms with Crippen LogP contribution in [0.1, 0.15) is 45.1 Å². The molecule has 2 saturated carbocycles. The molecule has 1 aliphatic heterocycles. The Bertz CT molecular complexity index is 1120. The van der Waals surface area contributed by atoms with Crippen molar-refractivity contribution in [1.82, 2.24) is 15.1 Å². The molecule has 1 spiro atoms. The summed E-state index contributed by atoms with van der Waals surface area (Å²) in [6, 6.07) is 9.99. The minimum atomic E-state index is -0.900. The van der Waals surface area contributed by atoms with Crippen LogP contribution in [0.5, 0.6) is 0 Å². The minimum Gasteiger partial charge on any atom is -0.436 e. The third-order valence-electron chi connectivity index (χ3n) is 7.69. The highest BCUT2D eigenvalue weighted by Gasteiger charge is 2.56. The molecule has 1 aromatic rings. The standard InChI is InChI=1S/C27H31N3O5/c1-17(20-8-9-20)30(14-19-6-4-3-5-7-19)24(32)15-29-16-27(35-26(29)34)13-12-21-22(27)10-11-23(25(21)33)28-18(2)31/h3-7,10-11,17,20-21H,8-9,12-16H2,1-2H3,(H,28,31)/t17-,21?,27?/m0/s1. The summed E-state index contributed by atoms with van der Waals surface area (Å²) in [5.41, 5.74) is 1.18. The molecule has 3 atom stereocenters. The third kappa shape index (κ3) is 4.49. The lowest BCUT2D eigenvalue weighted by Gasteiger charge is -2.31. The first-order valence-corrected chi connectivity index (χ1v) is 12.3. The molecule has 1 aromatic carbocycles. The van der Waals surface area contributed by atoms with E-state index in [0.29, 0.717) is 25.3 Å². The smallest absolute Gasteiger partial charge is 0.411 e. The van der Waals surface area contributed by atoms with Gasteiger partial charge in [0.15, 0.2) is 11.4 Å². The fourth-order valence-corrected chi connectivity index (χ4v) is 5.64. The van der Waals surface area contributed by atoms with E-state index in [1.165, 1.54) is 11.8 Å². The molecular weight excluding hydrogens is 446 g/mol. The molecule has 8 nitrogen and oxygen atoms in total. The molecule has 0 bridgehead atoms. The van der Waals surface area contributed by atoms with E-state index in [0.717, 1.165) is 24.0 Å². The van der Waals surface area contributed by atoms with E-state index < -0.39 is 17.6 Å². The number of nitrogens with one attached hydrogen (secondary N) is 1. The molecule has 4 aliphatic rings. The topological polar surface area (TPSA) is 96.0 Å². The first-order chi connectivity index (χ1) is 16.8. The van der Waals surface area contributed by atoms with E-state index in [2.05, 4.69) is 12.2 Å².